The first-order chi connectivity index (χ1) is 8.22. The lowest BCUT2D eigenvalue weighted by atomic mass is 9.48. The van der Waals surface area contributed by atoms with Gasteiger partial charge in [-0.2, -0.15) is 0 Å². The zero-order valence-electron chi connectivity index (χ0n) is 10.8. The van der Waals surface area contributed by atoms with Gasteiger partial charge >= 0.3 is 0 Å². The van der Waals surface area contributed by atoms with E-state index in [1.807, 2.05) is 0 Å². The Kier molecular flexibility index (Phi) is 2.23. The maximum absolute atomic E-state index is 12.3. The lowest BCUT2D eigenvalue weighted by molar-refractivity contribution is -0.133. The Balaban J connectivity index is 1.50. The Morgan fingerprint density at radius 2 is 1.47 bits per heavy atom. The van der Waals surface area contributed by atoms with Gasteiger partial charge in [0.1, 0.15) is 5.78 Å². The first-order valence-corrected chi connectivity index (χ1v) is 7.75. The second-order valence-electron chi connectivity index (χ2n) is 7.69. The van der Waals surface area contributed by atoms with Gasteiger partial charge < -0.3 is 0 Å². The summed E-state index contributed by atoms with van der Waals surface area (Å²) in [5.41, 5.74) is 0.488. The molecule has 0 unspecified atom stereocenters. The highest BCUT2D eigenvalue weighted by Crippen LogP contribution is 2.61. The molecule has 5 rings (SSSR count). The van der Waals surface area contributed by atoms with E-state index in [0.29, 0.717) is 17.1 Å². The van der Waals surface area contributed by atoms with Gasteiger partial charge in [0.15, 0.2) is 0 Å². The molecule has 1 nitrogen and oxygen atoms in total. The maximum Gasteiger partial charge on any atom is 0.136 e. The average molecular weight is 232 g/mol. The summed E-state index contributed by atoms with van der Waals surface area (Å²) in [4.78, 5) is 12.3. The van der Waals surface area contributed by atoms with Crippen LogP contribution in [0.3, 0.4) is 0 Å². The van der Waals surface area contributed by atoms with Crippen molar-refractivity contribution in [2.75, 3.05) is 0 Å². The van der Waals surface area contributed by atoms with Crippen molar-refractivity contribution in [3.05, 3.63) is 0 Å². The summed E-state index contributed by atoms with van der Waals surface area (Å²) >= 11 is 0. The molecule has 1 heteroatoms. The van der Waals surface area contributed by atoms with Gasteiger partial charge in [0, 0.05) is 12.3 Å². The number of carbonyl (C=O) groups is 1. The van der Waals surface area contributed by atoms with Gasteiger partial charge in [0.2, 0.25) is 0 Å². The van der Waals surface area contributed by atoms with Gasteiger partial charge in [-0.15, -0.1) is 0 Å². The molecule has 0 aromatic carbocycles. The quantitative estimate of drug-likeness (QED) is 0.719. The van der Waals surface area contributed by atoms with Crippen LogP contribution in [0.2, 0.25) is 0 Å². The molecule has 0 N–H and O–H groups in total. The highest BCUT2D eigenvalue weighted by atomic mass is 16.1. The number of rotatable bonds is 3. The van der Waals surface area contributed by atoms with Crippen molar-refractivity contribution in [3.8, 4) is 0 Å². The Bertz CT molecular complexity index is 304. The normalized spacial score (nSPS) is 48.1. The number of carbonyl (C=O) groups excluding carboxylic acids is 1. The van der Waals surface area contributed by atoms with Crippen LogP contribution in [0, 0.1) is 29.1 Å². The van der Waals surface area contributed by atoms with E-state index in [4.69, 9.17) is 0 Å². The maximum atomic E-state index is 12.3. The first-order valence-electron chi connectivity index (χ1n) is 7.75. The molecular weight excluding hydrogens is 208 g/mol. The van der Waals surface area contributed by atoms with Gasteiger partial charge in [0.25, 0.3) is 0 Å². The van der Waals surface area contributed by atoms with Crippen LogP contribution < -0.4 is 0 Å². The smallest absolute Gasteiger partial charge is 0.136 e. The first kappa shape index (κ1) is 10.6. The largest absolute Gasteiger partial charge is 0.299 e. The third-order valence-electron chi connectivity index (χ3n) is 6.27. The Morgan fingerprint density at radius 3 is 1.88 bits per heavy atom. The third-order valence-corrected chi connectivity index (χ3v) is 6.27. The lowest BCUT2D eigenvalue weighted by Crippen LogP contribution is -2.47. The molecule has 5 aliphatic rings. The van der Waals surface area contributed by atoms with Crippen molar-refractivity contribution < 1.29 is 4.79 Å². The Hall–Kier alpha value is -0.330. The van der Waals surface area contributed by atoms with E-state index in [9.17, 15) is 4.79 Å². The molecule has 0 radical (unpaired) electrons. The second-order valence-corrected chi connectivity index (χ2v) is 7.69. The van der Waals surface area contributed by atoms with E-state index in [-0.39, 0.29) is 0 Å². The molecule has 0 aromatic heterocycles. The molecule has 4 bridgehead atoms. The fourth-order valence-electron chi connectivity index (χ4n) is 5.75. The summed E-state index contributed by atoms with van der Waals surface area (Å²) in [5.74, 6) is 4.10. The van der Waals surface area contributed by atoms with Crippen molar-refractivity contribution in [1.82, 2.24) is 0 Å². The molecule has 0 heterocycles. The van der Waals surface area contributed by atoms with Crippen molar-refractivity contribution >= 4 is 5.78 Å². The third kappa shape index (κ3) is 1.69. The molecule has 0 saturated heterocycles. The van der Waals surface area contributed by atoms with Crippen LogP contribution in [-0.2, 0) is 4.79 Å². The monoisotopic (exact) mass is 232 g/mol. The summed E-state index contributed by atoms with van der Waals surface area (Å²) in [6.45, 7) is 0. The van der Waals surface area contributed by atoms with Crippen molar-refractivity contribution in [2.24, 2.45) is 29.1 Å². The molecule has 0 atom stereocenters. The minimum absolute atomic E-state index is 0.475. The zero-order valence-corrected chi connectivity index (χ0v) is 10.8. The minimum atomic E-state index is 0.475. The fraction of sp³-hybridized carbons (Fsp3) is 0.938. The summed E-state index contributed by atoms with van der Waals surface area (Å²) in [6.07, 6.45) is 13.4. The molecule has 0 spiro atoms. The summed E-state index contributed by atoms with van der Waals surface area (Å²) < 4.78 is 0. The van der Waals surface area contributed by atoms with Crippen molar-refractivity contribution in [1.29, 1.82) is 0 Å². The molecule has 5 saturated carbocycles. The van der Waals surface area contributed by atoms with E-state index in [2.05, 4.69) is 0 Å². The van der Waals surface area contributed by atoms with E-state index < -0.39 is 0 Å². The number of ketones is 1. The van der Waals surface area contributed by atoms with Crippen LogP contribution in [-0.4, -0.2) is 5.78 Å². The molecule has 5 fully saturated rings. The van der Waals surface area contributed by atoms with Crippen LogP contribution in [0.15, 0.2) is 0 Å². The Morgan fingerprint density at radius 1 is 0.941 bits per heavy atom. The van der Waals surface area contributed by atoms with Gasteiger partial charge in [-0.05, 0) is 74.5 Å². The molecule has 0 aromatic rings. The number of Topliss-reactive ketones (excluding diaryl/α,β-unsaturated/α-hetero) is 1. The van der Waals surface area contributed by atoms with Gasteiger partial charge in [-0.3, -0.25) is 4.79 Å². The predicted octanol–water partition coefficient (Wildman–Crippen LogP) is 3.96. The van der Waals surface area contributed by atoms with Crippen LogP contribution in [0.1, 0.15) is 64.2 Å². The van der Waals surface area contributed by atoms with Gasteiger partial charge in [-0.1, -0.05) is 6.42 Å². The molecule has 5 aliphatic carbocycles. The van der Waals surface area contributed by atoms with Crippen molar-refractivity contribution in [3.63, 3.8) is 0 Å². The molecule has 17 heavy (non-hydrogen) atoms. The van der Waals surface area contributed by atoms with Crippen LogP contribution in [0.25, 0.3) is 0 Å². The SMILES string of the molecule is O=C(CC12CC3CC(CC(C3)C1)C2)C1CCC1. The molecular formula is C16H24O. The molecule has 0 aliphatic heterocycles. The van der Waals surface area contributed by atoms with Gasteiger partial charge in [0.05, 0.1) is 0 Å². The average Bonchev–Trinajstić information content (AvgIpc) is 2.09. The Labute approximate surface area is 104 Å². The molecule has 94 valence electrons. The van der Waals surface area contributed by atoms with Crippen LogP contribution in [0.4, 0.5) is 0 Å². The highest BCUT2D eigenvalue weighted by Gasteiger charge is 2.51. The topological polar surface area (TPSA) is 17.1 Å². The number of hydrogen-bond acceptors (Lipinski definition) is 1. The summed E-state index contributed by atoms with van der Waals surface area (Å²) in [7, 11) is 0. The van der Waals surface area contributed by atoms with Gasteiger partial charge in [-0.25, -0.2) is 0 Å². The standard InChI is InChI=1S/C16H24O/c17-15(14-2-1-3-14)10-16-7-11-4-12(8-16)6-13(5-11)9-16/h11-14H,1-10H2. The van der Waals surface area contributed by atoms with Crippen molar-refractivity contribution in [2.45, 2.75) is 64.2 Å². The number of hydrogen-bond donors (Lipinski definition) is 0. The zero-order chi connectivity index (χ0) is 11.5. The van der Waals surface area contributed by atoms with Crippen LogP contribution in [0.5, 0.6) is 0 Å². The summed E-state index contributed by atoms with van der Waals surface area (Å²) in [6, 6.07) is 0. The van der Waals surface area contributed by atoms with E-state index in [0.717, 1.165) is 24.2 Å². The molecule has 0 amide bonds. The van der Waals surface area contributed by atoms with E-state index >= 15 is 0 Å². The minimum Gasteiger partial charge on any atom is -0.299 e. The predicted molar refractivity (Wildman–Crippen MR) is 67.6 cm³/mol. The van der Waals surface area contributed by atoms with E-state index in [1.54, 1.807) is 0 Å². The van der Waals surface area contributed by atoms with E-state index in [1.165, 1.54) is 57.8 Å². The second kappa shape index (κ2) is 3.59. The highest BCUT2D eigenvalue weighted by molar-refractivity contribution is 5.82. The fourth-order valence-corrected chi connectivity index (χ4v) is 5.75. The summed E-state index contributed by atoms with van der Waals surface area (Å²) in [5, 5.41) is 0. The lowest BCUT2D eigenvalue weighted by Gasteiger charge is -2.57. The van der Waals surface area contributed by atoms with Crippen LogP contribution >= 0.6 is 0 Å².